The number of amides is 2. The van der Waals surface area contributed by atoms with Gasteiger partial charge >= 0.3 is 0 Å². The van der Waals surface area contributed by atoms with E-state index in [1.807, 2.05) is 6.92 Å². The van der Waals surface area contributed by atoms with E-state index in [1.165, 1.54) is 18.9 Å². The third-order valence-electron chi connectivity index (χ3n) is 5.65. The Balaban J connectivity index is 1.52. The van der Waals surface area contributed by atoms with E-state index in [0.29, 0.717) is 43.3 Å². The molecule has 6 heteroatoms. The lowest BCUT2D eigenvalue weighted by molar-refractivity contribution is -0.127. The maximum atomic E-state index is 13.7. The number of aryl methyl sites for hydroxylation is 1. The molecule has 2 fully saturated rings. The van der Waals surface area contributed by atoms with Gasteiger partial charge in [0.25, 0.3) is 5.91 Å². The highest BCUT2D eigenvalue weighted by atomic mass is 19.1. The Morgan fingerprint density at radius 3 is 2.42 bits per heavy atom. The van der Waals surface area contributed by atoms with E-state index in [0.717, 1.165) is 12.8 Å². The van der Waals surface area contributed by atoms with Crippen LogP contribution >= 0.6 is 0 Å². The Morgan fingerprint density at radius 1 is 1.15 bits per heavy atom. The second kappa shape index (κ2) is 8.16. The molecule has 0 bridgehead atoms. The number of rotatable bonds is 4. The van der Waals surface area contributed by atoms with E-state index < -0.39 is 0 Å². The van der Waals surface area contributed by atoms with Crippen molar-refractivity contribution in [1.82, 2.24) is 15.1 Å². The average Bonchev–Trinajstić information content (AvgIpc) is 3.16. The SMILES string of the molecule is Cc1ccc(C(=O)N2CCN(C(C)C(=O)NC3CCCC3)CC2)cc1F. The van der Waals surface area contributed by atoms with Gasteiger partial charge in [0.05, 0.1) is 6.04 Å². The van der Waals surface area contributed by atoms with Gasteiger partial charge in [-0.15, -0.1) is 0 Å². The molecule has 0 radical (unpaired) electrons. The van der Waals surface area contributed by atoms with Gasteiger partial charge in [0.1, 0.15) is 5.82 Å². The zero-order valence-electron chi connectivity index (χ0n) is 15.6. The molecule has 2 aliphatic rings. The fraction of sp³-hybridized carbons (Fsp3) is 0.600. The zero-order valence-corrected chi connectivity index (χ0v) is 15.6. The number of carbonyl (C=O) groups is 2. The standard InChI is InChI=1S/C20H28FN3O2/c1-14-7-8-16(13-18(14)21)20(26)24-11-9-23(10-12-24)15(2)19(25)22-17-5-3-4-6-17/h7-8,13,15,17H,3-6,9-12H2,1-2H3,(H,22,25). The van der Waals surface area contributed by atoms with Crippen molar-refractivity contribution in [3.63, 3.8) is 0 Å². The Kier molecular flexibility index (Phi) is 5.91. The molecule has 1 aliphatic carbocycles. The number of hydrogen-bond acceptors (Lipinski definition) is 3. The van der Waals surface area contributed by atoms with Crippen LogP contribution in [-0.2, 0) is 4.79 Å². The minimum Gasteiger partial charge on any atom is -0.352 e. The molecule has 1 heterocycles. The summed E-state index contributed by atoms with van der Waals surface area (Å²) in [5, 5.41) is 3.14. The van der Waals surface area contributed by atoms with E-state index >= 15 is 0 Å². The van der Waals surface area contributed by atoms with Crippen LogP contribution in [0.4, 0.5) is 4.39 Å². The number of nitrogens with one attached hydrogen (secondary N) is 1. The Bertz CT molecular complexity index is 665. The Labute approximate surface area is 154 Å². The van der Waals surface area contributed by atoms with Crippen molar-refractivity contribution in [3.05, 3.63) is 35.1 Å². The highest BCUT2D eigenvalue weighted by molar-refractivity contribution is 5.94. The van der Waals surface area contributed by atoms with Crippen LogP contribution in [0.5, 0.6) is 0 Å². The number of nitrogens with zero attached hydrogens (tertiary/aromatic N) is 2. The molecule has 142 valence electrons. The Hall–Kier alpha value is -1.95. The van der Waals surface area contributed by atoms with Gasteiger partial charge in [-0.25, -0.2) is 4.39 Å². The van der Waals surface area contributed by atoms with Crippen molar-refractivity contribution in [1.29, 1.82) is 0 Å². The lowest BCUT2D eigenvalue weighted by atomic mass is 10.1. The van der Waals surface area contributed by atoms with Gasteiger partial charge in [-0.3, -0.25) is 14.5 Å². The first-order valence-electron chi connectivity index (χ1n) is 9.55. The molecule has 3 rings (SSSR count). The van der Waals surface area contributed by atoms with Crippen molar-refractivity contribution in [2.75, 3.05) is 26.2 Å². The normalized spacial score (nSPS) is 20.2. The van der Waals surface area contributed by atoms with Crippen molar-refractivity contribution < 1.29 is 14.0 Å². The monoisotopic (exact) mass is 361 g/mol. The molecule has 1 N–H and O–H groups in total. The first-order valence-corrected chi connectivity index (χ1v) is 9.55. The highest BCUT2D eigenvalue weighted by Gasteiger charge is 2.29. The minimum absolute atomic E-state index is 0.0808. The van der Waals surface area contributed by atoms with Gasteiger partial charge in [-0.2, -0.15) is 0 Å². The van der Waals surface area contributed by atoms with Gasteiger partial charge in [0, 0.05) is 37.8 Å². The van der Waals surface area contributed by atoms with Crippen LogP contribution in [0.15, 0.2) is 18.2 Å². The molecule has 5 nitrogen and oxygen atoms in total. The first-order chi connectivity index (χ1) is 12.5. The number of hydrogen-bond donors (Lipinski definition) is 1. The molecule has 1 aromatic carbocycles. The van der Waals surface area contributed by atoms with Crippen LogP contribution < -0.4 is 5.32 Å². The second-order valence-electron chi connectivity index (χ2n) is 7.46. The van der Waals surface area contributed by atoms with Crippen LogP contribution in [0.25, 0.3) is 0 Å². The van der Waals surface area contributed by atoms with Gasteiger partial charge in [0.2, 0.25) is 5.91 Å². The molecule has 1 aliphatic heterocycles. The lowest BCUT2D eigenvalue weighted by Gasteiger charge is -2.37. The van der Waals surface area contributed by atoms with Crippen molar-refractivity contribution in [3.8, 4) is 0 Å². The molecule has 1 saturated heterocycles. The molecule has 2 amide bonds. The van der Waals surface area contributed by atoms with Crippen LogP contribution in [0.3, 0.4) is 0 Å². The topological polar surface area (TPSA) is 52.7 Å². The summed E-state index contributed by atoms with van der Waals surface area (Å²) in [7, 11) is 0. The molecule has 0 spiro atoms. The van der Waals surface area contributed by atoms with E-state index in [4.69, 9.17) is 0 Å². The summed E-state index contributed by atoms with van der Waals surface area (Å²) < 4.78 is 13.7. The summed E-state index contributed by atoms with van der Waals surface area (Å²) in [4.78, 5) is 28.8. The highest BCUT2D eigenvalue weighted by Crippen LogP contribution is 2.18. The van der Waals surface area contributed by atoms with Crippen LogP contribution in [0.1, 0.15) is 48.5 Å². The quantitative estimate of drug-likeness (QED) is 0.896. The molecular weight excluding hydrogens is 333 g/mol. The number of piperazine rings is 1. The van der Waals surface area contributed by atoms with Crippen LogP contribution in [0, 0.1) is 12.7 Å². The molecule has 1 unspecified atom stereocenters. The predicted octanol–water partition coefficient (Wildman–Crippen LogP) is 2.34. The van der Waals surface area contributed by atoms with Crippen molar-refractivity contribution in [2.45, 2.75) is 51.6 Å². The number of halogens is 1. The zero-order chi connectivity index (χ0) is 18.7. The van der Waals surface area contributed by atoms with E-state index in [9.17, 15) is 14.0 Å². The maximum Gasteiger partial charge on any atom is 0.254 e. The summed E-state index contributed by atoms with van der Waals surface area (Å²) in [5.74, 6) is -0.421. The van der Waals surface area contributed by atoms with E-state index in [-0.39, 0.29) is 23.7 Å². The van der Waals surface area contributed by atoms with Crippen molar-refractivity contribution in [2.24, 2.45) is 0 Å². The molecular formula is C20H28FN3O2. The van der Waals surface area contributed by atoms with Crippen LogP contribution in [-0.4, -0.2) is 59.9 Å². The summed E-state index contributed by atoms with van der Waals surface area (Å²) in [5.41, 5.74) is 0.919. The fourth-order valence-corrected chi connectivity index (χ4v) is 3.78. The van der Waals surface area contributed by atoms with E-state index in [2.05, 4.69) is 10.2 Å². The largest absolute Gasteiger partial charge is 0.352 e. The Morgan fingerprint density at radius 2 is 1.81 bits per heavy atom. The summed E-state index contributed by atoms with van der Waals surface area (Å²) >= 11 is 0. The third-order valence-corrected chi connectivity index (χ3v) is 5.65. The van der Waals surface area contributed by atoms with Crippen molar-refractivity contribution >= 4 is 11.8 Å². The maximum absolute atomic E-state index is 13.7. The van der Waals surface area contributed by atoms with Gasteiger partial charge < -0.3 is 10.2 Å². The third kappa shape index (κ3) is 4.23. The average molecular weight is 361 g/mol. The molecule has 1 atom stereocenters. The molecule has 0 aromatic heterocycles. The summed E-state index contributed by atoms with van der Waals surface area (Å²) in [6.07, 6.45) is 4.54. The molecule has 1 saturated carbocycles. The molecule has 1 aromatic rings. The minimum atomic E-state index is -0.355. The van der Waals surface area contributed by atoms with Gasteiger partial charge in [-0.05, 0) is 44.4 Å². The number of carbonyl (C=O) groups excluding carboxylic acids is 2. The first kappa shape index (κ1) is 18.8. The predicted molar refractivity (Wildman–Crippen MR) is 98.5 cm³/mol. The lowest BCUT2D eigenvalue weighted by Crippen LogP contribution is -2.55. The van der Waals surface area contributed by atoms with Gasteiger partial charge in [-0.1, -0.05) is 18.9 Å². The summed E-state index contributed by atoms with van der Waals surface area (Å²) in [6.45, 7) is 6.01. The van der Waals surface area contributed by atoms with Gasteiger partial charge in [0.15, 0.2) is 0 Å². The number of benzene rings is 1. The smallest absolute Gasteiger partial charge is 0.254 e. The van der Waals surface area contributed by atoms with E-state index in [1.54, 1.807) is 24.0 Å². The summed E-state index contributed by atoms with van der Waals surface area (Å²) in [6, 6.07) is 4.75. The second-order valence-corrected chi connectivity index (χ2v) is 7.46. The van der Waals surface area contributed by atoms with Crippen LogP contribution in [0.2, 0.25) is 0 Å². The molecule has 26 heavy (non-hydrogen) atoms. The fourth-order valence-electron chi connectivity index (χ4n) is 3.78.